The van der Waals surface area contributed by atoms with E-state index in [0.29, 0.717) is 6.61 Å². The Balaban J connectivity index is 2.67. The minimum atomic E-state index is -0.573. The van der Waals surface area contributed by atoms with E-state index in [1.807, 2.05) is 30.3 Å². The maximum atomic E-state index is 11.6. The molecule has 0 aliphatic rings. The molecule has 0 aliphatic carbocycles. The lowest BCUT2D eigenvalue weighted by molar-refractivity contribution is -0.148. The summed E-state index contributed by atoms with van der Waals surface area (Å²) in [5.74, 6) is -0.812. The van der Waals surface area contributed by atoms with Gasteiger partial charge in [-0.05, 0) is 19.1 Å². The summed E-state index contributed by atoms with van der Waals surface area (Å²) >= 11 is 1.30. The van der Waals surface area contributed by atoms with Crippen molar-refractivity contribution >= 4 is 23.7 Å². The topological polar surface area (TPSA) is 52.6 Å². The summed E-state index contributed by atoms with van der Waals surface area (Å²) < 4.78 is 9.54. The molecule has 1 aromatic rings. The number of ether oxygens (including phenoxy) is 2. The van der Waals surface area contributed by atoms with Gasteiger partial charge in [0.1, 0.15) is 5.25 Å². The van der Waals surface area contributed by atoms with Crippen molar-refractivity contribution < 1.29 is 19.1 Å². The molecule has 4 nitrogen and oxygen atoms in total. The maximum absolute atomic E-state index is 11.6. The van der Waals surface area contributed by atoms with Crippen LogP contribution in [0, 0.1) is 0 Å². The number of hydrogen-bond acceptors (Lipinski definition) is 5. The molecule has 18 heavy (non-hydrogen) atoms. The third-order valence-electron chi connectivity index (χ3n) is 2.14. The largest absolute Gasteiger partial charge is 0.468 e. The Morgan fingerprint density at radius 2 is 1.94 bits per heavy atom. The lowest BCUT2D eigenvalue weighted by atomic mass is 10.3. The number of esters is 2. The number of rotatable bonds is 6. The molecule has 1 aromatic carbocycles. The van der Waals surface area contributed by atoms with Gasteiger partial charge in [0.05, 0.1) is 20.1 Å². The molecule has 0 saturated carbocycles. The predicted molar refractivity (Wildman–Crippen MR) is 69.4 cm³/mol. The SMILES string of the molecule is CCOC(=O)CC(Sc1ccccc1)C(=O)OC. The van der Waals surface area contributed by atoms with Gasteiger partial charge >= 0.3 is 11.9 Å². The summed E-state index contributed by atoms with van der Waals surface area (Å²) in [6.07, 6.45) is 0.0140. The normalized spacial score (nSPS) is 11.7. The van der Waals surface area contributed by atoms with Crippen molar-refractivity contribution in [3.05, 3.63) is 30.3 Å². The van der Waals surface area contributed by atoms with Gasteiger partial charge in [0.25, 0.3) is 0 Å². The molecular formula is C13H16O4S. The summed E-state index contributed by atoms with van der Waals surface area (Å²) in [7, 11) is 1.31. The van der Waals surface area contributed by atoms with Crippen LogP contribution in [0.4, 0.5) is 0 Å². The fourth-order valence-electron chi connectivity index (χ4n) is 1.34. The quantitative estimate of drug-likeness (QED) is 0.585. The fourth-order valence-corrected chi connectivity index (χ4v) is 2.39. The van der Waals surface area contributed by atoms with E-state index in [2.05, 4.69) is 0 Å². The number of benzene rings is 1. The average molecular weight is 268 g/mol. The van der Waals surface area contributed by atoms with Crippen LogP contribution in [0.25, 0.3) is 0 Å². The number of methoxy groups -OCH3 is 1. The summed E-state index contributed by atoms with van der Waals surface area (Å²) in [6.45, 7) is 2.04. The van der Waals surface area contributed by atoms with E-state index in [1.54, 1.807) is 6.92 Å². The molecule has 0 amide bonds. The van der Waals surface area contributed by atoms with Crippen LogP contribution < -0.4 is 0 Å². The molecule has 0 spiro atoms. The second kappa shape index (κ2) is 7.76. The van der Waals surface area contributed by atoms with Crippen LogP contribution in [0.15, 0.2) is 35.2 Å². The van der Waals surface area contributed by atoms with Gasteiger partial charge < -0.3 is 9.47 Å². The lowest BCUT2D eigenvalue weighted by Crippen LogP contribution is -2.23. The first kappa shape index (κ1) is 14.6. The van der Waals surface area contributed by atoms with Crippen molar-refractivity contribution in [2.75, 3.05) is 13.7 Å². The zero-order valence-corrected chi connectivity index (χ0v) is 11.2. The number of thioether (sulfide) groups is 1. The fraction of sp³-hybridized carbons (Fsp3) is 0.385. The van der Waals surface area contributed by atoms with Gasteiger partial charge in [0.15, 0.2) is 0 Å². The first-order valence-corrected chi connectivity index (χ1v) is 6.50. The Morgan fingerprint density at radius 3 is 2.50 bits per heavy atom. The van der Waals surface area contributed by atoms with Crippen molar-refractivity contribution in [3.63, 3.8) is 0 Å². The first-order valence-electron chi connectivity index (χ1n) is 5.62. The molecule has 0 saturated heterocycles. The molecule has 0 fully saturated rings. The summed E-state index contributed by atoms with van der Waals surface area (Å²) in [5.41, 5.74) is 0. The van der Waals surface area contributed by atoms with Crippen LogP contribution >= 0.6 is 11.8 Å². The smallest absolute Gasteiger partial charge is 0.319 e. The third-order valence-corrected chi connectivity index (χ3v) is 3.33. The molecule has 0 heterocycles. The van der Waals surface area contributed by atoms with E-state index in [4.69, 9.17) is 9.47 Å². The van der Waals surface area contributed by atoms with E-state index in [-0.39, 0.29) is 6.42 Å². The third kappa shape index (κ3) is 4.79. The highest BCUT2D eigenvalue weighted by Gasteiger charge is 2.24. The molecule has 1 unspecified atom stereocenters. The van der Waals surface area contributed by atoms with Gasteiger partial charge in [0.2, 0.25) is 0 Å². The lowest BCUT2D eigenvalue weighted by Gasteiger charge is -2.13. The first-order chi connectivity index (χ1) is 8.67. The molecular weight excluding hydrogens is 252 g/mol. The molecule has 98 valence electrons. The van der Waals surface area contributed by atoms with Crippen molar-refractivity contribution in [2.45, 2.75) is 23.5 Å². The van der Waals surface area contributed by atoms with Crippen molar-refractivity contribution in [3.8, 4) is 0 Å². The van der Waals surface area contributed by atoms with Gasteiger partial charge in [-0.15, -0.1) is 11.8 Å². The Kier molecular flexibility index (Phi) is 6.28. The molecule has 1 rings (SSSR count). The van der Waals surface area contributed by atoms with Crippen LogP contribution in [0.2, 0.25) is 0 Å². The number of carbonyl (C=O) groups excluding carboxylic acids is 2. The zero-order chi connectivity index (χ0) is 13.4. The molecule has 0 aromatic heterocycles. The van der Waals surface area contributed by atoms with Gasteiger partial charge in [-0.3, -0.25) is 9.59 Å². The van der Waals surface area contributed by atoms with Crippen molar-refractivity contribution in [2.24, 2.45) is 0 Å². The van der Waals surface area contributed by atoms with Gasteiger partial charge in [0, 0.05) is 4.90 Å². The molecule has 0 aliphatic heterocycles. The molecule has 5 heteroatoms. The van der Waals surface area contributed by atoms with E-state index in [1.165, 1.54) is 18.9 Å². The van der Waals surface area contributed by atoms with Crippen LogP contribution in [-0.4, -0.2) is 30.9 Å². The van der Waals surface area contributed by atoms with E-state index in [0.717, 1.165) is 4.90 Å². The minimum absolute atomic E-state index is 0.0140. The maximum Gasteiger partial charge on any atom is 0.319 e. The Bertz CT molecular complexity index is 391. The van der Waals surface area contributed by atoms with Crippen molar-refractivity contribution in [1.29, 1.82) is 0 Å². The van der Waals surface area contributed by atoms with Crippen molar-refractivity contribution in [1.82, 2.24) is 0 Å². The highest BCUT2D eigenvalue weighted by molar-refractivity contribution is 8.00. The highest BCUT2D eigenvalue weighted by Crippen LogP contribution is 2.26. The zero-order valence-electron chi connectivity index (χ0n) is 10.4. The molecule has 0 bridgehead atoms. The second-order valence-electron chi connectivity index (χ2n) is 3.45. The standard InChI is InChI=1S/C13H16O4S/c1-3-17-12(14)9-11(13(15)16-2)18-10-7-5-4-6-8-10/h4-8,11H,3,9H2,1-2H3. The summed E-state index contributed by atoms with van der Waals surface area (Å²) in [6, 6.07) is 9.40. The second-order valence-corrected chi connectivity index (χ2v) is 4.73. The van der Waals surface area contributed by atoms with Crippen LogP contribution in [-0.2, 0) is 19.1 Å². The van der Waals surface area contributed by atoms with Gasteiger partial charge in [-0.2, -0.15) is 0 Å². The van der Waals surface area contributed by atoms with E-state index in [9.17, 15) is 9.59 Å². The van der Waals surface area contributed by atoms with E-state index < -0.39 is 17.2 Å². The molecule has 0 radical (unpaired) electrons. The van der Waals surface area contributed by atoms with E-state index >= 15 is 0 Å². The number of carbonyl (C=O) groups is 2. The average Bonchev–Trinajstić information content (AvgIpc) is 2.38. The highest BCUT2D eigenvalue weighted by atomic mass is 32.2. The summed E-state index contributed by atoms with van der Waals surface area (Å²) in [5, 5.41) is -0.573. The van der Waals surface area contributed by atoms with Gasteiger partial charge in [-0.1, -0.05) is 18.2 Å². The Labute approximate surface area is 111 Å². The number of hydrogen-bond donors (Lipinski definition) is 0. The molecule has 0 N–H and O–H groups in total. The Hall–Kier alpha value is -1.49. The Morgan fingerprint density at radius 1 is 1.28 bits per heavy atom. The van der Waals surface area contributed by atoms with Crippen LogP contribution in [0.3, 0.4) is 0 Å². The predicted octanol–water partition coefficient (Wildman–Crippen LogP) is 2.27. The summed E-state index contributed by atoms with van der Waals surface area (Å²) in [4.78, 5) is 23.9. The monoisotopic (exact) mass is 268 g/mol. The van der Waals surface area contributed by atoms with Gasteiger partial charge in [-0.25, -0.2) is 0 Å². The molecule has 1 atom stereocenters. The van der Waals surface area contributed by atoms with Crippen LogP contribution in [0.5, 0.6) is 0 Å². The van der Waals surface area contributed by atoms with Crippen LogP contribution in [0.1, 0.15) is 13.3 Å². The minimum Gasteiger partial charge on any atom is -0.468 e.